The molecule has 0 spiro atoms. The van der Waals surface area contributed by atoms with E-state index in [1.165, 1.54) is 9.47 Å². The lowest BCUT2D eigenvalue weighted by atomic mass is 10.4. The number of aryl methyl sites for hydroxylation is 1. The predicted octanol–water partition coefficient (Wildman–Crippen LogP) is 0.0386. The van der Waals surface area contributed by atoms with Crippen molar-refractivity contribution in [2.45, 2.75) is 20.4 Å². The van der Waals surface area contributed by atoms with Crippen LogP contribution >= 0.6 is 0 Å². The number of rotatable bonds is 4. The number of esters is 1. The van der Waals surface area contributed by atoms with Gasteiger partial charge in [0.2, 0.25) is 5.91 Å². The predicted molar refractivity (Wildman–Crippen MR) is 66.0 cm³/mol. The van der Waals surface area contributed by atoms with Crippen LogP contribution in [0, 0.1) is 6.92 Å². The number of carbonyl (C=O) groups excluding carboxylic acids is 2. The van der Waals surface area contributed by atoms with E-state index in [4.69, 9.17) is 10.5 Å². The van der Waals surface area contributed by atoms with Gasteiger partial charge in [-0.05, 0) is 13.8 Å². The van der Waals surface area contributed by atoms with Crippen LogP contribution in [0.5, 0.6) is 0 Å². The van der Waals surface area contributed by atoms with Crippen molar-refractivity contribution in [3.05, 3.63) is 11.5 Å². The van der Waals surface area contributed by atoms with E-state index in [2.05, 4.69) is 4.98 Å². The molecule has 18 heavy (non-hydrogen) atoms. The summed E-state index contributed by atoms with van der Waals surface area (Å²) in [6, 6.07) is 0. The van der Waals surface area contributed by atoms with Gasteiger partial charge < -0.3 is 19.9 Å². The van der Waals surface area contributed by atoms with Crippen LogP contribution in [0.4, 0.5) is 5.82 Å². The van der Waals surface area contributed by atoms with E-state index in [0.29, 0.717) is 5.82 Å². The van der Waals surface area contributed by atoms with E-state index in [1.54, 1.807) is 27.9 Å². The Balaban J connectivity index is 3.01. The third-order valence-corrected chi connectivity index (χ3v) is 2.46. The van der Waals surface area contributed by atoms with Crippen LogP contribution in [0.3, 0.4) is 0 Å². The van der Waals surface area contributed by atoms with Crippen LogP contribution in [0.1, 0.15) is 23.2 Å². The molecule has 0 aliphatic carbocycles. The Morgan fingerprint density at radius 2 is 2.06 bits per heavy atom. The molecule has 1 heterocycles. The van der Waals surface area contributed by atoms with Crippen molar-refractivity contribution >= 4 is 17.7 Å². The summed E-state index contributed by atoms with van der Waals surface area (Å²) in [5.74, 6) is -0.0429. The van der Waals surface area contributed by atoms with Crippen molar-refractivity contribution in [3.8, 4) is 0 Å². The van der Waals surface area contributed by atoms with Gasteiger partial charge >= 0.3 is 5.97 Å². The average molecular weight is 254 g/mol. The lowest BCUT2D eigenvalue weighted by Crippen LogP contribution is -2.27. The summed E-state index contributed by atoms with van der Waals surface area (Å²) in [4.78, 5) is 28.7. The number of nitrogen functional groups attached to an aromatic ring is 1. The van der Waals surface area contributed by atoms with Crippen molar-refractivity contribution in [2.75, 3.05) is 26.4 Å². The Bertz CT molecular complexity index is 465. The van der Waals surface area contributed by atoms with Gasteiger partial charge in [-0.25, -0.2) is 9.78 Å². The Kier molecular flexibility index (Phi) is 4.30. The molecule has 0 aliphatic heterocycles. The molecule has 7 nitrogen and oxygen atoms in total. The third-order valence-electron chi connectivity index (χ3n) is 2.46. The maximum absolute atomic E-state index is 11.6. The zero-order valence-corrected chi connectivity index (χ0v) is 11.1. The minimum Gasteiger partial charge on any atom is -0.461 e. The third kappa shape index (κ3) is 2.79. The Labute approximate surface area is 106 Å². The summed E-state index contributed by atoms with van der Waals surface area (Å²) in [6.07, 6.45) is 0. The minimum atomic E-state index is -0.575. The molecule has 1 rings (SSSR count). The molecular formula is C11H18N4O3. The molecule has 0 saturated heterocycles. The number of ether oxygens (including phenoxy) is 1. The summed E-state index contributed by atoms with van der Waals surface area (Å²) >= 11 is 0. The molecule has 0 atom stereocenters. The summed E-state index contributed by atoms with van der Waals surface area (Å²) in [6.45, 7) is 3.69. The second-order valence-corrected chi connectivity index (χ2v) is 3.99. The SMILES string of the molecule is CCOC(=O)c1nc(C)n(CC(=O)N(C)C)c1N. The fourth-order valence-corrected chi connectivity index (χ4v) is 1.41. The largest absolute Gasteiger partial charge is 0.461 e. The quantitative estimate of drug-likeness (QED) is 0.766. The number of likely N-dealkylation sites (N-methyl/N-ethyl adjacent to an activating group) is 1. The minimum absolute atomic E-state index is 0.0527. The monoisotopic (exact) mass is 254 g/mol. The van der Waals surface area contributed by atoms with Gasteiger partial charge in [0, 0.05) is 14.1 Å². The Morgan fingerprint density at radius 3 is 2.56 bits per heavy atom. The van der Waals surface area contributed by atoms with Crippen molar-refractivity contribution in [1.29, 1.82) is 0 Å². The van der Waals surface area contributed by atoms with Gasteiger partial charge in [0.25, 0.3) is 0 Å². The van der Waals surface area contributed by atoms with E-state index in [0.717, 1.165) is 0 Å². The smallest absolute Gasteiger partial charge is 0.360 e. The van der Waals surface area contributed by atoms with Crippen LogP contribution in [-0.2, 0) is 16.1 Å². The van der Waals surface area contributed by atoms with Gasteiger partial charge in [-0.3, -0.25) is 4.79 Å². The number of nitrogens with zero attached hydrogens (tertiary/aromatic N) is 3. The highest BCUT2D eigenvalue weighted by Crippen LogP contribution is 2.15. The molecule has 100 valence electrons. The average Bonchev–Trinajstić information content (AvgIpc) is 2.57. The number of imidazole rings is 1. The van der Waals surface area contributed by atoms with Crippen LogP contribution in [0.25, 0.3) is 0 Å². The number of nitrogens with two attached hydrogens (primary N) is 1. The van der Waals surface area contributed by atoms with Crippen molar-refractivity contribution < 1.29 is 14.3 Å². The van der Waals surface area contributed by atoms with E-state index < -0.39 is 5.97 Å². The molecule has 1 aromatic rings. The van der Waals surface area contributed by atoms with Gasteiger partial charge in [-0.2, -0.15) is 0 Å². The summed E-state index contributed by atoms with van der Waals surface area (Å²) < 4.78 is 6.33. The van der Waals surface area contributed by atoms with E-state index in [-0.39, 0.29) is 30.6 Å². The highest BCUT2D eigenvalue weighted by atomic mass is 16.5. The molecule has 7 heteroatoms. The van der Waals surface area contributed by atoms with Crippen molar-refractivity contribution in [2.24, 2.45) is 0 Å². The molecule has 0 aromatic carbocycles. The first kappa shape index (κ1) is 14.0. The lowest BCUT2D eigenvalue weighted by molar-refractivity contribution is -0.129. The number of aromatic nitrogens is 2. The normalized spacial score (nSPS) is 10.2. The molecule has 0 bridgehead atoms. The Hall–Kier alpha value is -2.05. The lowest BCUT2D eigenvalue weighted by Gasteiger charge is -2.12. The fraction of sp³-hybridized carbons (Fsp3) is 0.545. The van der Waals surface area contributed by atoms with Crippen molar-refractivity contribution in [3.63, 3.8) is 0 Å². The Morgan fingerprint density at radius 1 is 1.44 bits per heavy atom. The van der Waals surface area contributed by atoms with E-state index in [9.17, 15) is 9.59 Å². The van der Waals surface area contributed by atoms with E-state index >= 15 is 0 Å². The maximum atomic E-state index is 11.6. The first-order valence-electron chi connectivity index (χ1n) is 5.58. The molecule has 1 amide bonds. The first-order chi connectivity index (χ1) is 8.38. The van der Waals surface area contributed by atoms with Crippen LogP contribution in [-0.4, -0.2) is 47.0 Å². The zero-order chi connectivity index (χ0) is 13.9. The van der Waals surface area contributed by atoms with Crippen LogP contribution in [0.2, 0.25) is 0 Å². The van der Waals surface area contributed by atoms with Crippen molar-refractivity contribution in [1.82, 2.24) is 14.5 Å². The molecule has 0 unspecified atom stereocenters. The molecule has 1 aromatic heterocycles. The second-order valence-electron chi connectivity index (χ2n) is 3.99. The number of amides is 1. The maximum Gasteiger partial charge on any atom is 0.360 e. The molecular weight excluding hydrogens is 236 g/mol. The number of anilines is 1. The number of carbonyl (C=O) groups is 2. The fourth-order valence-electron chi connectivity index (χ4n) is 1.41. The molecule has 0 radical (unpaired) electrons. The van der Waals surface area contributed by atoms with Crippen LogP contribution in [0.15, 0.2) is 0 Å². The molecule has 0 fully saturated rings. The molecule has 0 saturated carbocycles. The van der Waals surface area contributed by atoms with E-state index in [1.807, 2.05) is 0 Å². The van der Waals surface area contributed by atoms with Gasteiger partial charge in [0.15, 0.2) is 5.69 Å². The molecule has 0 aliphatic rings. The molecule has 2 N–H and O–H groups in total. The first-order valence-corrected chi connectivity index (χ1v) is 5.58. The summed E-state index contributed by atoms with van der Waals surface area (Å²) in [5.41, 5.74) is 5.87. The van der Waals surface area contributed by atoms with Gasteiger partial charge in [-0.15, -0.1) is 0 Å². The highest BCUT2D eigenvalue weighted by Gasteiger charge is 2.21. The van der Waals surface area contributed by atoms with Gasteiger partial charge in [0.1, 0.15) is 18.2 Å². The second kappa shape index (κ2) is 5.52. The number of hydrogen-bond donors (Lipinski definition) is 1. The van der Waals surface area contributed by atoms with Crippen LogP contribution < -0.4 is 5.73 Å². The standard InChI is InChI=1S/C11H18N4O3/c1-5-18-11(17)9-10(12)15(7(2)13-9)6-8(16)14(3)4/h5-6,12H2,1-4H3. The van der Waals surface area contributed by atoms with Gasteiger partial charge in [-0.1, -0.05) is 0 Å². The highest BCUT2D eigenvalue weighted by molar-refractivity contribution is 5.92. The topological polar surface area (TPSA) is 90.4 Å². The van der Waals surface area contributed by atoms with Gasteiger partial charge in [0.05, 0.1) is 6.61 Å². The number of hydrogen-bond acceptors (Lipinski definition) is 5. The summed E-state index contributed by atoms with van der Waals surface area (Å²) in [5, 5.41) is 0. The zero-order valence-electron chi connectivity index (χ0n) is 11.1. The summed E-state index contributed by atoms with van der Waals surface area (Å²) in [7, 11) is 3.30.